The van der Waals surface area contributed by atoms with E-state index in [1.165, 1.54) is 12.8 Å². The lowest BCUT2D eigenvalue weighted by Crippen LogP contribution is -2.48. The van der Waals surface area contributed by atoms with Crippen LogP contribution in [0, 0.1) is 0 Å². The Morgan fingerprint density at radius 3 is 2.53 bits per heavy atom. The van der Waals surface area contributed by atoms with Gasteiger partial charge in [-0.1, -0.05) is 6.07 Å². The third kappa shape index (κ3) is 5.11. The molecule has 0 radical (unpaired) electrons. The summed E-state index contributed by atoms with van der Waals surface area (Å²) in [4.78, 5) is 18.4. The Kier molecular flexibility index (Phi) is 7.69. The number of nitrogens with zero attached hydrogens (tertiary/aromatic N) is 2. The Hall–Kier alpha value is -1.73. The van der Waals surface area contributed by atoms with Gasteiger partial charge < -0.3 is 15.0 Å². The zero-order valence-corrected chi connectivity index (χ0v) is 18.9. The maximum Gasteiger partial charge on any atom is 0.251 e. The van der Waals surface area contributed by atoms with Gasteiger partial charge in [-0.3, -0.25) is 4.79 Å². The molecule has 30 heavy (non-hydrogen) atoms. The first kappa shape index (κ1) is 22.9. The summed E-state index contributed by atoms with van der Waals surface area (Å²) in [5.41, 5.74) is 2.76. The Bertz CT molecular complexity index is 949. The van der Waals surface area contributed by atoms with Crippen LogP contribution >= 0.6 is 36.6 Å². The summed E-state index contributed by atoms with van der Waals surface area (Å²) in [5.74, 6) is 0.855. The molecular formula is C22H26Cl2N4OS. The quantitative estimate of drug-likeness (QED) is 0.546. The van der Waals surface area contributed by atoms with Gasteiger partial charge in [-0.15, -0.1) is 36.6 Å². The van der Waals surface area contributed by atoms with Crippen molar-refractivity contribution in [2.75, 3.05) is 0 Å². The Morgan fingerprint density at radius 2 is 1.83 bits per heavy atom. The Balaban J connectivity index is 0.00000128. The fourth-order valence-corrected chi connectivity index (χ4v) is 5.14. The second kappa shape index (κ2) is 10.1. The lowest BCUT2D eigenvalue weighted by molar-refractivity contribution is 0.0924. The molecule has 1 amide bonds. The number of thioether (sulfide) groups is 1. The number of carbonyl (C=O) groups excluding carboxylic acids is 1. The molecule has 2 unspecified atom stereocenters. The minimum absolute atomic E-state index is 0. The molecule has 5 nitrogen and oxygen atoms in total. The first-order valence-electron chi connectivity index (χ1n) is 9.95. The highest BCUT2D eigenvalue weighted by Crippen LogP contribution is 2.27. The van der Waals surface area contributed by atoms with Crippen molar-refractivity contribution >= 4 is 48.1 Å². The summed E-state index contributed by atoms with van der Waals surface area (Å²) >= 11 is 1.74. The molecule has 160 valence electrons. The molecule has 2 atom stereocenters. The van der Waals surface area contributed by atoms with E-state index >= 15 is 0 Å². The summed E-state index contributed by atoms with van der Waals surface area (Å²) in [5, 5.41) is 6.85. The minimum atomic E-state index is 0. The zero-order chi connectivity index (χ0) is 18.9. The Morgan fingerprint density at radius 1 is 1.10 bits per heavy atom. The van der Waals surface area contributed by atoms with Crippen LogP contribution < -0.4 is 10.6 Å². The van der Waals surface area contributed by atoms with E-state index in [-0.39, 0.29) is 30.7 Å². The largest absolute Gasteiger partial charge is 0.349 e. The molecule has 2 aliphatic rings. The van der Waals surface area contributed by atoms with Crippen LogP contribution in [0.15, 0.2) is 59.8 Å². The molecule has 2 aliphatic heterocycles. The van der Waals surface area contributed by atoms with Crippen LogP contribution in [-0.2, 0) is 5.75 Å². The average molecular weight is 465 g/mol. The molecule has 5 rings (SSSR count). The smallest absolute Gasteiger partial charge is 0.251 e. The van der Waals surface area contributed by atoms with Crippen LogP contribution in [0.25, 0.3) is 5.65 Å². The van der Waals surface area contributed by atoms with E-state index in [0.717, 1.165) is 40.4 Å². The highest BCUT2D eigenvalue weighted by molar-refractivity contribution is 7.98. The van der Waals surface area contributed by atoms with E-state index in [9.17, 15) is 4.79 Å². The molecule has 2 bridgehead atoms. The number of imidazole rings is 1. The minimum Gasteiger partial charge on any atom is -0.349 e. The lowest BCUT2D eigenvalue weighted by Gasteiger charge is -2.29. The number of halogens is 2. The molecule has 3 aromatic rings. The van der Waals surface area contributed by atoms with Crippen molar-refractivity contribution in [1.82, 2.24) is 20.0 Å². The molecule has 0 aliphatic carbocycles. The number of hydrogen-bond donors (Lipinski definition) is 2. The molecule has 0 saturated carbocycles. The molecule has 8 heteroatoms. The third-order valence-corrected chi connectivity index (χ3v) is 6.77. The fraction of sp³-hybridized carbons (Fsp3) is 0.364. The topological polar surface area (TPSA) is 58.4 Å². The highest BCUT2D eigenvalue weighted by atomic mass is 35.5. The molecule has 4 heterocycles. The first-order valence-corrected chi connectivity index (χ1v) is 10.9. The summed E-state index contributed by atoms with van der Waals surface area (Å²) < 4.78 is 2.04. The van der Waals surface area contributed by atoms with Crippen molar-refractivity contribution in [3.05, 3.63) is 66.1 Å². The number of carbonyl (C=O) groups is 1. The standard InChI is InChI=1S/C22H24N4OS.2ClH/c27-22(25-18-11-16-6-7-17(12-18)23-16)15-4-8-20(9-5-15)28-14-19-13-26-10-2-1-3-21(26)24-19;;/h1-5,8-10,13,16-18,23H,6-7,11-12,14H2,(H,25,27);2*1H. The summed E-state index contributed by atoms with van der Waals surface area (Å²) in [6, 6.07) is 15.4. The van der Waals surface area contributed by atoms with Crippen LogP contribution in [0.2, 0.25) is 0 Å². The van der Waals surface area contributed by atoms with E-state index in [4.69, 9.17) is 0 Å². The number of piperidine rings is 1. The van der Waals surface area contributed by atoms with Gasteiger partial charge in [0, 0.05) is 46.7 Å². The second-order valence-electron chi connectivity index (χ2n) is 7.79. The predicted octanol–water partition coefficient (Wildman–Crippen LogP) is 4.48. The fourth-order valence-electron chi connectivity index (χ4n) is 4.36. The number of fused-ring (bicyclic) bond motifs is 3. The highest BCUT2D eigenvalue weighted by Gasteiger charge is 2.34. The van der Waals surface area contributed by atoms with Gasteiger partial charge in [-0.05, 0) is 62.1 Å². The number of rotatable bonds is 5. The number of hydrogen-bond acceptors (Lipinski definition) is 4. The number of benzene rings is 1. The van der Waals surface area contributed by atoms with Gasteiger partial charge in [0.2, 0.25) is 0 Å². The number of aromatic nitrogens is 2. The van der Waals surface area contributed by atoms with E-state index in [1.54, 1.807) is 11.8 Å². The zero-order valence-electron chi connectivity index (χ0n) is 16.5. The molecular weight excluding hydrogens is 439 g/mol. The van der Waals surface area contributed by atoms with Crippen LogP contribution in [0.4, 0.5) is 0 Å². The molecule has 2 N–H and O–H groups in total. The van der Waals surface area contributed by atoms with Gasteiger partial charge in [-0.2, -0.15) is 0 Å². The summed E-state index contributed by atoms with van der Waals surface area (Å²) in [6.07, 6.45) is 8.67. The average Bonchev–Trinajstić information content (AvgIpc) is 3.29. The van der Waals surface area contributed by atoms with Crippen LogP contribution in [0.1, 0.15) is 41.7 Å². The summed E-state index contributed by atoms with van der Waals surface area (Å²) in [7, 11) is 0. The van der Waals surface area contributed by atoms with E-state index in [0.29, 0.717) is 18.1 Å². The van der Waals surface area contributed by atoms with E-state index in [1.807, 2.05) is 53.1 Å². The van der Waals surface area contributed by atoms with E-state index in [2.05, 4.69) is 21.8 Å². The van der Waals surface area contributed by atoms with Gasteiger partial charge in [0.05, 0.1) is 5.69 Å². The van der Waals surface area contributed by atoms with Crippen molar-refractivity contribution < 1.29 is 4.79 Å². The molecule has 0 spiro atoms. The van der Waals surface area contributed by atoms with Crippen LogP contribution in [0.5, 0.6) is 0 Å². The first-order chi connectivity index (χ1) is 13.7. The SMILES string of the molecule is Cl.Cl.O=C(NC1CC2CCC(C1)N2)c1ccc(SCc2cn3ccccc3n2)cc1. The van der Waals surface area contributed by atoms with Gasteiger partial charge in [-0.25, -0.2) is 4.98 Å². The summed E-state index contributed by atoms with van der Waals surface area (Å²) in [6.45, 7) is 0. The van der Waals surface area contributed by atoms with E-state index < -0.39 is 0 Å². The monoisotopic (exact) mass is 464 g/mol. The number of pyridine rings is 1. The maximum atomic E-state index is 12.6. The van der Waals surface area contributed by atoms with Crippen molar-refractivity contribution in [1.29, 1.82) is 0 Å². The van der Waals surface area contributed by atoms with Crippen molar-refractivity contribution in [2.24, 2.45) is 0 Å². The normalized spacial score (nSPS) is 22.2. The third-order valence-electron chi connectivity index (χ3n) is 5.73. The Labute approximate surface area is 193 Å². The predicted molar refractivity (Wildman–Crippen MR) is 126 cm³/mol. The molecule has 2 saturated heterocycles. The van der Waals surface area contributed by atoms with Gasteiger partial charge in [0.1, 0.15) is 5.65 Å². The van der Waals surface area contributed by atoms with Gasteiger partial charge >= 0.3 is 0 Å². The lowest BCUT2D eigenvalue weighted by atomic mass is 9.99. The number of amides is 1. The molecule has 2 fully saturated rings. The van der Waals surface area contributed by atoms with Crippen molar-refractivity contribution in [3.63, 3.8) is 0 Å². The van der Waals surface area contributed by atoms with Crippen LogP contribution in [0.3, 0.4) is 0 Å². The van der Waals surface area contributed by atoms with Gasteiger partial charge in [0.15, 0.2) is 0 Å². The van der Waals surface area contributed by atoms with Gasteiger partial charge in [0.25, 0.3) is 5.91 Å². The van der Waals surface area contributed by atoms with Crippen molar-refractivity contribution in [3.8, 4) is 0 Å². The molecule has 1 aromatic carbocycles. The molecule has 2 aromatic heterocycles. The second-order valence-corrected chi connectivity index (χ2v) is 8.84. The number of nitrogens with one attached hydrogen (secondary N) is 2. The van der Waals surface area contributed by atoms with Crippen molar-refractivity contribution in [2.45, 2.75) is 54.5 Å². The maximum absolute atomic E-state index is 12.6. The van der Waals surface area contributed by atoms with Crippen LogP contribution in [-0.4, -0.2) is 33.4 Å².